The lowest BCUT2D eigenvalue weighted by molar-refractivity contribution is -0.146. The number of fused-ring (bicyclic) bond motifs is 1. The highest BCUT2D eigenvalue weighted by molar-refractivity contribution is 6.12. The SMILES string of the molecule is C#CCNC(=O)CN1C(=O)C2C(C1=O)C2(C)C. The summed E-state index contributed by atoms with van der Waals surface area (Å²) in [5, 5.41) is 2.43. The van der Waals surface area contributed by atoms with Crippen molar-refractivity contribution >= 4 is 17.7 Å². The molecule has 0 aromatic rings. The molecule has 1 aliphatic carbocycles. The van der Waals surface area contributed by atoms with E-state index in [0.717, 1.165) is 4.90 Å². The van der Waals surface area contributed by atoms with Gasteiger partial charge >= 0.3 is 0 Å². The molecule has 1 saturated heterocycles. The molecular formula is C12H14N2O3. The second kappa shape index (κ2) is 3.59. The van der Waals surface area contributed by atoms with Crippen molar-refractivity contribution in [2.24, 2.45) is 17.3 Å². The number of likely N-dealkylation sites (tertiary alicyclic amines) is 1. The Balaban J connectivity index is 1.98. The predicted octanol–water partition coefficient (Wildman–Crippen LogP) is -0.623. The van der Waals surface area contributed by atoms with Crippen LogP contribution in [0.15, 0.2) is 0 Å². The molecule has 2 atom stereocenters. The van der Waals surface area contributed by atoms with Crippen molar-refractivity contribution in [2.75, 3.05) is 13.1 Å². The molecule has 0 bridgehead atoms. The van der Waals surface area contributed by atoms with Gasteiger partial charge < -0.3 is 5.32 Å². The van der Waals surface area contributed by atoms with E-state index in [1.165, 1.54) is 0 Å². The molecule has 5 heteroatoms. The maximum atomic E-state index is 11.9. The molecule has 2 unspecified atom stereocenters. The number of nitrogens with one attached hydrogen (secondary N) is 1. The lowest BCUT2D eigenvalue weighted by Gasteiger charge is -2.19. The van der Waals surface area contributed by atoms with Gasteiger partial charge in [-0.05, 0) is 5.41 Å². The Morgan fingerprint density at radius 2 is 1.94 bits per heavy atom. The van der Waals surface area contributed by atoms with Gasteiger partial charge in [0.1, 0.15) is 6.54 Å². The average Bonchev–Trinajstić information content (AvgIpc) is 2.73. The van der Waals surface area contributed by atoms with Crippen LogP contribution in [0, 0.1) is 29.6 Å². The van der Waals surface area contributed by atoms with Gasteiger partial charge in [0.25, 0.3) is 0 Å². The summed E-state index contributed by atoms with van der Waals surface area (Å²) in [6, 6.07) is 0. The van der Waals surface area contributed by atoms with Crippen LogP contribution in [0.25, 0.3) is 0 Å². The van der Waals surface area contributed by atoms with E-state index in [9.17, 15) is 14.4 Å². The van der Waals surface area contributed by atoms with Gasteiger partial charge in [-0.3, -0.25) is 19.3 Å². The highest BCUT2D eigenvalue weighted by Crippen LogP contribution is 2.63. The first-order chi connectivity index (χ1) is 7.91. The molecule has 0 aromatic carbocycles. The fraction of sp³-hybridized carbons (Fsp3) is 0.583. The summed E-state index contributed by atoms with van der Waals surface area (Å²) in [4.78, 5) is 36.1. The number of hydrogen-bond donors (Lipinski definition) is 1. The quantitative estimate of drug-likeness (QED) is 0.522. The van der Waals surface area contributed by atoms with Gasteiger partial charge in [-0.1, -0.05) is 19.8 Å². The first kappa shape index (κ1) is 11.6. The van der Waals surface area contributed by atoms with E-state index in [0.29, 0.717) is 0 Å². The Morgan fingerprint density at radius 3 is 2.41 bits per heavy atom. The molecule has 2 fully saturated rings. The van der Waals surface area contributed by atoms with Gasteiger partial charge in [0, 0.05) is 0 Å². The minimum Gasteiger partial charge on any atom is -0.344 e. The number of piperidine rings is 1. The van der Waals surface area contributed by atoms with Crippen molar-refractivity contribution in [3.63, 3.8) is 0 Å². The number of carbonyl (C=O) groups excluding carboxylic acids is 3. The average molecular weight is 234 g/mol. The largest absolute Gasteiger partial charge is 0.344 e. The molecule has 90 valence electrons. The van der Waals surface area contributed by atoms with Crippen molar-refractivity contribution in [3.05, 3.63) is 0 Å². The molecule has 5 nitrogen and oxygen atoms in total. The summed E-state index contributed by atoms with van der Waals surface area (Å²) < 4.78 is 0. The van der Waals surface area contributed by atoms with Crippen LogP contribution in [0.4, 0.5) is 0 Å². The molecule has 1 aliphatic heterocycles. The lowest BCUT2D eigenvalue weighted by Crippen LogP contribution is -2.43. The molecule has 1 heterocycles. The van der Waals surface area contributed by atoms with Gasteiger partial charge in [0.15, 0.2) is 0 Å². The molecule has 17 heavy (non-hydrogen) atoms. The fourth-order valence-corrected chi connectivity index (χ4v) is 2.51. The molecular weight excluding hydrogens is 220 g/mol. The van der Waals surface area contributed by atoms with E-state index in [2.05, 4.69) is 11.2 Å². The smallest absolute Gasteiger partial charge is 0.240 e. The van der Waals surface area contributed by atoms with Crippen LogP contribution in [-0.2, 0) is 14.4 Å². The lowest BCUT2D eigenvalue weighted by atomic mass is 10.1. The summed E-state index contributed by atoms with van der Waals surface area (Å²) >= 11 is 0. The van der Waals surface area contributed by atoms with E-state index in [1.54, 1.807) is 0 Å². The van der Waals surface area contributed by atoms with Crippen molar-refractivity contribution in [2.45, 2.75) is 13.8 Å². The van der Waals surface area contributed by atoms with Gasteiger partial charge in [0.2, 0.25) is 17.7 Å². The number of amides is 3. The topological polar surface area (TPSA) is 66.5 Å². The molecule has 0 spiro atoms. The minimum atomic E-state index is -0.399. The maximum Gasteiger partial charge on any atom is 0.240 e. The number of imide groups is 1. The monoisotopic (exact) mass is 234 g/mol. The third kappa shape index (κ3) is 1.60. The third-order valence-corrected chi connectivity index (χ3v) is 3.58. The zero-order valence-corrected chi connectivity index (χ0v) is 9.82. The second-order valence-electron chi connectivity index (χ2n) is 5.02. The van der Waals surface area contributed by atoms with Crippen LogP contribution < -0.4 is 5.32 Å². The van der Waals surface area contributed by atoms with Crippen molar-refractivity contribution in [1.29, 1.82) is 0 Å². The highest BCUT2D eigenvalue weighted by Gasteiger charge is 2.72. The normalized spacial score (nSPS) is 28.6. The third-order valence-electron chi connectivity index (χ3n) is 3.58. The molecule has 0 radical (unpaired) electrons. The van der Waals surface area contributed by atoms with E-state index in [-0.39, 0.29) is 42.2 Å². The molecule has 2 aliphatic rings. The van der Waals surface area contributed by atoms with Gasteiger partial charge in [0.05, 0.1) is 18.4 Å². The highest BCUT2D eigenvalue weighted by atomic mass is 16.2. The fourth-order valence-electron chi connectivity index (χ4n) is 2.51. The molecule has 3 amide bonds. The Hall–Kier alpha value is -1.83. The van der Waals surface area contributed by atoms with Gasteiger partial charge in [-0.25, -0.2) is 0 Å². The van der Waals surface area contributed by atoms with Crippen molar-refractivity contribution in [3.8, 4) is 12.3 Å². The number of nitrogens with zero attached hydrogens (tertiary/aromatic N) is 1. The van der Waals surface area contributed by atoms with Crippen LogP contribution in [0.3, 0.4) is 0 Å². The summed E-state index contributed by atoms with van der Waals surface area (Å²) in [6.45, 7) is 3.68. The second-order valence-corrected chi connectivity index (χ2v) is 5.02. The van der Waals surface area contributed by atoms with E-state index in [4.69, 9.17) is 6.42 Å². The van der Waals surface area contributed by atoms with E-state index in [1.807, 2.05) is 13.8 Å². The van der Waals surface area contributed by atoms with Crippen molar-refractivity contribution < 1.29 is 14.4 Å². The van der Waals surface area contributed by atoms with Gasteiger partial charge in [-0.15, -0.1) is 6.42 Å². The van der Waals surface area contributed by atoms with Crippen LogP contribution in [0.5, 0.6) is 0 Å². The van der Waals surface area contributed by atoms with Crippen LogP contribution >= 0.6 is 0 Å². The Morgan fingerprint density at radius 1 is 1.41 bits per heavy atom. The van der Waals surface area contributed by atoms with Crippen LogP contribution in [-0.4, -0.2) is 35.7 Å². The number of terminal acetylenes is 1. The molecule has 0 aromatic heterocycles. The van der Waals surface area contributed by atoms with Crippen LogP contribution in [0.2, 0.25) is 0 Å². The maximum absolute atomic E-state index is 11.9. The summed E-state index contributed by atoms with van der Waals surface area (Å²) in [7, 11) is 0. The first-order valence-electron chi connectivity index (χ1n) is 5.46. The Kier molecular flexibility index (Phi) is 2.46. The molecule has 1 saturated carbocycles. The summed E-state index contributed by atoms with van der Waals surface area (Å²) in [6.07, 6.45) is 4.99. The number of carbonyl (C=O) groups is 3. The van der Waals surface area contributed by atoms with E-state index < -0.39 is 5.91 Å². The predicted molar refractivity (Wildman–Crippen MR) is 59.3 cm³/mol. The van der Waals surface area contributed by atoms with Gasteiger partial charge in [-0.2, -0.15) is 0 Å². The molecule has 2 rings (SSSR count). The Bertz CT molecular complexity index is 423. The first-order valence-corrected chi connectivity index (χ1v) is 5.46. The van der Waals surface area contributed by atoms with Crippen LogP contribution in [0.1, 0.15) is 13.8 Å². The Labute approximate surface area is 99.5 Å². The number of rotatable bonds is 3. The summed E-state index contributed by atoms with van der Waals surface area (Å²) in [5.74, 6) is 0.906. The zero-order valence-electron chi connectivity index (χ0n) is 9.82. The van der Waals surface area contributed by atoms with E-state index >= 15 is 0 Å². The zero-order chi connectivity index (χ0) is 12.8. The summed E-state index contributed by atoms with van der Waals surface area (Å²) in [5.41, 5.74) is -0.236. The minimum absolute atomic E-state index is 0.105. The van der Waals surface area contributed by atoms with Crippen molar-refractivity contribution in [1.82, 2.24) is 10.2 Å². The number of hydrogen-bond acceptors (Lipinski definition) is 3. The standard InChI is InChI=1S/C12H14N2O3/c1-4-5-13-7(15)6-14-10(16)8-9(11(14)17)12(8,2)3/h1,8-9H,5-6H2,2-3H3,(H,13,15). The molecule has 1 N–H and O–H groups in total.